The molecule has 6 heteroatoms. The van der Waals surface area contributed by atoms with Gasteiger partial charge in [0.05, 0.1) is 0 Å². The van der Waals surface area contributed by atoms with Gasteiger partial charge in [0, 0.05) is 12.1 Å². The Bertz CT molecular complexity index is 842. The van der Waals surface area contributed by atoms with Gasteiger partial charge < -0.3 is 14.6 Å². The molecule has 0 saturated heterocycles. The van der Waals surface area contributed by atoms with Crippen molar-refractivity contribution >= 4 is 11.0 Å². The van der Waals surface area contributed by atoms with Gasteiger partial charge in [-0.15, -0.1) is 15.0 Å². The maximum Gasteiger partial charge on any atom is 0.231 e. The normalized spacial score (nSPS) is 13.0. The summed E-state index contributed by atoms with van der Waals surface area (Å²) >= 11 is 0. The van der Waals surface area contributed by atoms with Crippen LogP contribution in [0.25, 0.3) is 16.7 Å². The second kappa shape index (κ2) is 4.37. The molecule has 6 nitrogen and oxygen atoms in total. The van der Waals surface area contributed by atoms with Crippen molar-refractivity contribution in [3.8, 4) is 22.9 Å². The first-order valence-corrected chi connectivity index (χ1v) is 6.73. The highest BCUT2D eigenvalue weighted by Gasteiger charge is 2.19. The molecule has 0 spiro atoms. The van der Waals surface area contributed by atoms with Crippen LogP contribution >= 0.6 is 0 Å². The van der Waals surface area contributed by atoms with Crippen LogP contribution in [0.15, 0.2) is 30.3 Å². The highest BCUT2D eigenvalue weighted by Crippen LogP contribution is 2.38. The smallest absolute Gasteiger partial charge is 0.231 e. The minimum absolute atomic E-state index is 0.0512. The van der Waals surface area contributed by atoms with E-state index in [1.54, 1.807) is 6.07 Å². The number of hydrogen-bond donors (Lipinski definition) is 1. The standard InChI is InChI=1S/C15H13N3O3/c1-2-9-3-4-10-11(5-9)17-18(16-10)12-6-14-15(7-13(12)19)21-8-20-14/h3-7,19H,2,8H2,1H3. The molecule has 21 heavy (non-hydrogen) atoms. The second-order valence-corrected chi connectivity index (χ2v) is 4.86. The Morgan fingerprint density at radius 3 is 2.67 bits per heavy atom. The van der Waals surface area contributed by atoms with Crippen molar-refractivity contribution < 1.29 is 14.6 Å². The zero-order valence-corrected chi connectivity index (χ0v) is 11.4. The summed E-state index contributed by atoms with van der Waals surface area (Å²) in [5, 5.41) is 18.9. The summed E-state index contributed by atoms with van der Waals surface area (Å²) in [6.45, 7) is 2.25. The molecule has 1 aliphatic heterocycles. The fourth-order valence-electron chi connectivity index (χ4n) is 2.37. The second-order valence-electron chi connectivity index (χ2n) is 4.86. The maximum absolute atomic E-state index is 10.1. The number of aromatic nitrogens is 3. The van der Waals surface area contributed by atoms with Gasteiger partial charge in [0.1, 0.15) is 22.5 Å². The van der Waals surface area contributed by atoms with Crippen LogP contribution in [0.4, 0.5) is 0 Å². The number of nitrogens with zero attached hydrogens (tertiary/aromatic N) is 3. The van der Waals surface area contributed by atoms with Crippen molar-refractivity contribution in [2.75, 3.05) is 6.79 Å². The van der Waals surface area contributed by atoms with Crippen molar-refractivity contribution in [2.45, 2.75) is 13.3 Å². The lowest BCUT2D eigenvalue weighted by Crippen LogP contribution is -1.99. The molecule has 0 amide bonds. The van der Waals surface area contributed by atoms with Crippen molar-refractivity contribution in [3.05, 3.63) is 35.9 Å². The first-order chi connectivity index (χ1) is 10.2. The quantitative estimate of drug-likeness (QED) is 0.782. The van der Waals surface area contributed by atoms with E-state index in [4.69, 9.17) is 9.47 Å². The largest absolute Gasteiger partial charge is 0.505 e. The molecule has 1 aromatic heterocycles. The van der Waals surface area contributed by atoms with E-state index in [-0.39, 0.29) is 12.5 Å². The van der Waals surface area contributed by atoms with Crippen LogP contribution in [0.3, 0.4) is 0 Å². The van der Waals surface area contributed by atoms with Crippen LogP contribution < -0.4 is 9.47 Å². The number of aromatic hydroxyl groups is 1. The van der Waals surface area contributed by atoms with E-state index in [1.807, 2.05) is 18.2 Å². The van der Waals surface area contributed by atoms with E-state index in [0.717, 1.165) is 17.5 Å². The Kier molecular flexibility index (Phi) is 2.50. The molecule has 1 N–H and O–H groups in total. The van der Waals surface area contributed by atoms with Crippen molar-refractivity contribution in [3.63, 3.8) is 0 Å². The van der Waals surface area contributed by atoms with Gasteiger partial charge in [0.2, 0.25) is 6.79 Å². The lowest BCUT2D eigenvalue weighted by atomic mass is 10.1. The highest BCUT2D eigenvalue weighted by atomic mass is 16.7. The van der Waals surface area contributed by atoms with Gasteiger partial charge in [0.25, 0.3) is 0 Å². The number of fused-ring (bicyclic) bond motifs is 2. The van der Waals surface area contributed by atoms with Crippen LogP contribution in [0, 0.1) is 0 Å². The molecule has 0 aliphatic carbocycles. The summed E-state index contributed by atoms with van der Waals surface area (Å²) in [6.07, 6.45) is 0.943. The van der Waals surface area contributed by atoms with Crippen LogP contribution in [0.2, 0.25) is 0 Å². The summed E-state index contributed by atoms with van der Waals surface area (Å²) in [6, 6.07) is 9.16. The molecule has 3 aromatic rings. The zero-order chi connectivity index (χ0) is 14.4. The van der Waals surface area contributed by atoms with Gasteiger partial charge in [-0.1, -0.05) is 13.0 Å². The maximum atomic E-state index is 10.1. The molecule has 0 radical (unpaired) electrons. The molecule has 4 rings (SSSR count). The van der Waals surface area contributed by atoms with E-state index in [2.05, 4.69) is 17.1 Å². The Hall–Kier alpha value is -2.76. The van der Waals surface area contributed by atoms with Gasteiger partial charge in [-0.05, 0) is 24.1 Å². The van der Waals surface area contributed by atoms with Crippen molar-refractivity contribution in [1.29, 1.82) is 0 Å². The van der Waals surface area contributed by atoms with Crippen molar-refractivity contribution in [1.82, 2.24) is 15.0 Å². The number of aryl methyl sites for hydroxylation is 1. The number of benzene rings is 2. The third kappa shape index (κ3) is 1.87. The fourth-order valence-corrected chi connectivity index (χ4v) is 2.37. The predicted octanol–water partition coefficient (Wildman–Crippen LogP) is 2.42. The summed E-state index contributed by atoms with van der Waals surface area (Å²) in [4.78, 5) is 1.42. The lowest BCUT2D eigenvalue weighted by molar-refractivity contribution is 0.174. The SMILES string of the molecule is CCc1ccc2nn(-c3cc4c(cc3O)OCO4)nc2c1. The van der Waals surface area contributed by atoms with Crippen molar-refractivity contribution in [2.24, 2.45) is 0 Å². The number of rotatable bonds is 2. The van der Waals surface area contributed by atoms with Crippen LogP contribution in [0.1, 0.15) is 12.5 Å². The average Bonchev–Trinajstić information content (AvgIpc) is 3.10. The Balaban J connectivity index is 1.86. The first kappa shape index (κ1) is 12.0. The van der Waals surface area contributed by atoms with Gasteiger partial charge >= 0.3 is 0 Å². The van der Waals surface area contributed by atoms with Crippen LogP contribution in [-0.2, 0) is 6.42 Å². The van der Waals surface area contributed by atoms with Gasteiger partial charge in [-0.3, -0.25) is 0 Å². The number of ether oxygens (including phenoxy) is 2. The van der Waals surface area contributed by atoms with E-state index in [1.165, 1.54) is 16.4 Å². The minimum Gasteiger partial charge on any atom is -0.505 e. The third-order valence-electron chi connectivity index (χ3n) is 3.54. The lowest BCUT2D eigenvalue weighted by Gasteiger charge is -2.04. The summed E-state index contributed by atoms with van der Waals surface area (Å²) in [5.41, 5.74) is 3.24. The number of phenols is 1. The Morgan fingerprint density at radius 2 is 1.86 bits per heavy atom. The number of hydrogen-bond acceptors (Lipinski definition) is 5. The topological polar surface area (TPSA) is 69.4 Å². The monoisotopic (exact) mass is 283 g/mol. The molecule has 0 fully saturated rings. The molecule has 0 saturated carbocycles. The highest BCUT2D eigenvalue weighted by molar-refractivity contribution is 5.75. The molecule has 2 aromatic carbocycles. The van der Waals surface area contributed by atoms with Gasteiger partial charge in [-0.25, -0.2) is 0 Å². The third-order valence-corrected chi connectivity index (χ3v) is 3.54. The summed E-state index contributed by atoms with van der Waals surface area (Å²) in [7, 11) is 0. The molecule has 106 valence electrons. The average molecular weight is 283 g/mol. The Labute approximate surface area is 120 Å². The zero-order valence-electron chi connectivity index (χ0n) is 11.4. The predicted molar refractivity (Wildman–Crippen MR) is 76.0 cm³/mol. The van der Waals surface area contributed by atoms with Crippen LogP contribution in [-0.4, -0.2) is 26.9 Å². The van der Waals surface area contributed by atoms with E-state index in [9.17, 15) is 5.11 Å². The molecular weight excluding hydrogens is 270 g/mol. The fraction of sp³-hybridized carbons (Fsp3) is 0.200. The molecule has 1 aliphatic rings. The van der Waals surface area contributed by atoms with Crippen LogP contribution in [0.5, 0.6) is 17.2 Å². The van der Waals surface area contributed by atoms with Gasteiger partial charge in [0.15, 0.2) is 11.5 Å². The summed E-state index contributed by atoms with van der Waals surface area (Å²) in [5.74, 6) is 1.16. The molecule has 0 unspecified atom stereocenters. The molecule has 2 heterocycles. The van der Waals surface area contributed by atoms with E-state index in [0.29, 0.717) is 17.2 Å². The molecule has 0 atom stereocenters. The first-order valence-electron chi connectivity index (χ1n) is 6.73. The molecule has 0 bridgehead atoms. The van der Waals surface area contributed by atoms with E-state index >= 15 is 0 Å². The van der Waals surface area contributed by atoms with E-state index < -0.39 is 0 Å². The minimum atomic E-state index is 0.0512. The molecular formula is C15H13N3O3. The number of phenolic OH excluding ortho intramolecular Hbond substituents is 1. The Morgan fingerprint density at radius 1 is 1.10 bits per heavy atom. The van der Waals surface area contributed by atoms with Gasteiger partial charge in [-0.2, -0.15) is 0 Å². The summed E-state index contributed by atoms with van der Waals surface area (Å²) < 4.78 is 10.6.